The Labute approximate surface area is 80.8 Å². The van der Waals surface area contributed by atoms with Crippen LogP contribution < -0.4 is 5.48 Å². The Bertz CT molecular complexity index is 81.0. The standard InChI is InChI=1S/C10H22FNO/c1-2-3-6-9-12-13-10-7-4-5-8-11/h12H,2-10H2,1H3. The van der Waals surface area contributed by atoms with Crippen molar-refractivity contribution < 1.29 is 9.23 Å². The van der Waals surface area contributed by atoms with Gasteiger partial charge >= 0.3 is 0 Å². The van der Waals surface area contributed by atoms with E-state index in [1.165, 1.54) is 19.3 Å². The first kappa shape index (κ1) is 12.8. The predicted molar refractivity (Wildman–Crippen MR) is 53.3 cm³/mol. The van der Waals surface area contributed by atoms with Crippen molar-refractivity contribution in [3.05, 3.63) is 0 Å². The highest BCUT2D eigenvalue weighted by Gasteiger charge is 1.90. The molecule has 0 fully saturated rings. The summed E-state index contributed by atoms with van der Waals surface area (Å²) in [4.78, 5) is 5.15. The van der Waals surface area contributed by atoms with Gasteiger partial charge in [-0.05, 0) is 25.7 Å². The van der Waals surface area contributed by atoms with Crippen LogP contribution in [-0.4, -0.2) is 19.8 Å². The van der Waals surface area contributed by atoms with Crippen LogP contribution in [0.3, 0.4) is 0 Å². The van der Waals surface area contributed by atoms with Gasteiger partial charge in [0.2, 0.25) is 0 Å². The maximum atomic E-state index is 11.7. The lowest BCUT2D eigenvalue weighted by molar-refractivity contribution is 0.0376. The van der Waals surface area contributed by atoms with Gasteiger partial charge in [-0.1, -0.05) is 19.8 Å². The topological polar surface area (TPSA) is 21.3 Å². The molecule has 0 rings (SSSR count). The molecule has 0 aliphatic carbocycles. The quantitative estimate of drug-likeness (QED) is 0.423. The molecule has 0 aromatic rings. The third-order valence-corrected chi connectivity index (χ3v) is 1.86. The van der Waals surface area contributed by atoms with Crippen molar-refractivity contribution in [2.75, 3.05) is 19.8 Å². The molecule has 0 unspecified atom stereocenters. The highest BCUT2D eigenvalue weighted by molar-refractivity contribution is 4.40. The monoisotopic (exact) mass is 191 g/mol. The van der Waals surface area contributed by atoms with Crippen LogP contribution in [0.15, 0.2) is 0 Å². The van der Waals surface area contributed by atoms with Crippen LogP contribution in [0.5, 0.6) is 0 Å². The van der Waals surface area contributed by atoms with Gasteiger partial charge in [0.1, 0.15) is 0 Å². The van der Waals surface area contributed by atoms with Gasteiger partial charge in [0.05, 0.1) is 13.3 Å². The van der Waals surface area contributed by atoms with Gasteiger partial charge in [-0.25, -0.2) is 5.48 Å². The summed E-state index contributed by atoms with van der Waals surface area (Å²) < 4.78 is 11.7. The Hall–Kier alpha value is -0.150. The number of alkyl halides is 1. The lowest BCUT2D eigenvalue weighted by Crippen LogP contribution is -2.16. The highest BCUT2D eigenvalue weighted by Crippen LogP contribution is 1.95. The van der Waals surface area contributed by atoms with Crippen molar-refractivity contribution in [3.8, 4) is 0 Å². The van der Waals surface area contributed by atoms with E-state index in [1.54, 1.807) is 0 Å². The van der Waals surface area contributed by atoms with Crippen LogP contribution in [-0.2, 0) is 4.84 Å². The Morgan fingerprint density at radius 2 is 1.92 bits per heavy atom. The SMILES string of the molecule is CCCCCNOCCCCCF. The molecule has 80 valence electrons. The van der Waals surface area contributed by atoms with Crippen LogP contribution in [0.4, 0.5) is 4.39 Å². The number of hydrogen-bond donors (Lipinski definition) is 1. The second-order valence-electron chi connectivity index (χ2n) is 3.20. The first-order valence-electron chi connectivity index (χ1n) is 5.32. The summed E-state index contributed by atoms with van der Waals surface area (Å²) in [6, 6.07) is 0. The lowest BCUT2D eigenvalue weighted by Gasteiger charge is -2.04. The molecule has 0 saturated carbocycles. The Morgan fingerprint density at radius 3 is 2.62 bits per heavy atom. The van der Waals surface area contributed by atoms with E-state index in [-0.39, 0.29) is 6.67 Å². The highest BCUT2D eigenvalue weighted by atomic mass is 19.1. The third-order valence-electron chi connectivity index (χ3n) is 1.86. The van der Waals surface area contributed by atoms with Gasteiger partial charge in [-0.2, -0.15) is 0 Å². The molecule has 0 aromatic heterocycles. The number of nitrogens with one attached hydrogen (secondary N) is 1. The van der Waals surface area contributed by atoms with Gasteiger partial charge < -0.3 is 4.84 Å². The molecule has 0 bridgehead atoms. The van der Waals surface area contributed by atoms with Crippen molar-refractivity contribution in [2.24, 2.45) is 0 Å². The molecule has 3 heteroatoms. The maximum absolute atomic E-state index is 11.7. The fourth-order valence-electron chi connectivity index (χ4n) is 1.04. The molecular weight excluding hydrogens is 169 g/mol. The molecule has 2 nitrogen and oxygen atoms in total. The maximum Gasteiger partial charge on any atom is 0.0894 e. The van der Waals surface area contributed by atoms with E-state index in [4.69, 9.17) is 4.84 Å². The molecular formula is C10H22FNO. The number of hydroxylamine groups is 1. The molecule has 0 saturated heterocycles. The van der Waals surface area contributed by atoms with Gasteiger partial charge in [-0.15, -0.1) is 0 Å². The number of halogens is 1. The Balaban J connectivity index is 2.76. The van der Waals surface area contributed by atoms with E-state index in [2.05, 4.69) is 12.4 Å². The van der Waals surface area contributed by atoms with Crippen LogP contribution in [0, 0.1) is 0 Å². The van der Waals surface area contributed by atoms with Gasteiger partial charge in [0, 0.05) is 6.54 Å². The number of hydrogen-bond acceptors (Lipinski definition) is 2. The van der Waals surface area contributed by atoms with E-state index >= 15 is 0 Å². The first-order chi connectivity index (χ1) is 6.41. The fourth-order valence-corrected chi connectivity index (χ4v) is 1.04. The van der Waals surface area contributed by atoms with Gasteiger partial charge in [-0.3, -0.25) is 4.39 Å². The molecule has 0 heterocycles. The smallest absolute Gasteiger partial charge is 0.0894 e. The van der Waals surface area contributed by atoms with E-state index in [1.807, 2.05) is 0 Å². The Kier molecular flexibility index (Phi) is 11.7. The van der Waals surface area contributed by atoms with Crippen molar-refractivity contribution in [1.82, 2.24) is 5.48 Å². The minimum atomic E-state index is -0.204. The predicted octanol–water partition coefficient (Wildman–Crippen LogP) is 2.84. The normalized spacial score (nSPS) is 10.6. The van der Waals surface area contributed by atoms with Crippen molar-refractivity contribution in [2.45, 2.75) is 45.4 Å². The van der Waals surface area contributed by atoms with Crippen LogP contribution in [0.2, 0.25) is 0 Å². The number of unbranched alkanes of at least 4 members (excludes halogenated alkanes) is 4. The van der Waals surface area contributed by atoms with E-state index in [9.17, 15) is 4.39 Å². The summed E-state index contributed by atoms with van der Waals surface area (Å²) >= 11 is 0. The van der Waals surface area contributed by atoms with Crippen LogP contribution in [0.25, 0.3) is 0 Å². The number of rotatable bonds is 10. The minimum Gasteiger partial charge on any atom is -0.302 e. The molecule has 1 N–H and O–H groups in total. The zero-order valence-corrected chi connectivity index (χ0v) is 8.65. The average Bonchev–Trinajstić information content (AvgIpc) is 2.16. The first-order valence-corrected chi connectivity index (χ1v) is 5.32. The van der Waals surface area contributed by atoms with Crippen LogP contribution in [0.1, 0.15) is 45.4 Å². The Morgan fingerprint density at radius 1 is 1.08 bits per heavy atom. The molecule has 13 heavy (non-hydrogen) atoms. The van der Waals surface area contributed by atoms with Crippen molar-refractivity contribution >= 4 is 0 Å². The van der Waals surface area contributed by atoms with Gasteiger partial charge in [0.25, 0.3) is 0 Å². The third kappa shape index (κ3) is 11.9. The zero-order chi connectivity index (χ0) is 9.78. The largest absolute Gasteiger partial charge is 0.302 e. The van der Waals surface area contributed by atoms with Gasteiger partial charge in [0.15, 0.2) is 0 Å². The molecule has 0 aliphatic rings. The second-order valence-corrected chi connectivity index (χ2v) is 3.20. The summed E-state index contributed by atoms with van der Waals surface area (Å²) in [6.07, 6.45) is 6.19. The van der Waals surface area contributed by atoms with E-state index in [0.29, 0.717) is 13.0 Å². The summed E-state index contributed by atoms with van der Waals surface area (Å²) in [5, 5.41) is 0. The average molecular weight is 191 g/mol. The minimum absolute atomic E-state index is 0.204. The molecule has 0 aromatic carbocycles. The summed E-state index contributed by atoms with van der Waals surface area (Å²) in [5.74, 6) is 0. The molecule has 0 radical (unpaired) electrons. The molecule has 0 aliphatic heterocycles. The van der Waals surface area contributed by atoms with Crippen molar-refractivity contribution in [3.63, 3.8) is 0 Å². The lowest BCUT2D eigenvalue weighted by atomic mass is 10.2. The van der Waals surface area contributed by atoms with Crippen molar-refractivity contribution in [1.29, 1.82) is 0 Å². The summed E-state index contributed by atoms with van der Waals surface area (Å²) in [5.41, 5.74) is 2.90. The summed E-state index contributed by atoms with van der Waals surface area (Å²) in [6.45, 7) is 3.60. The zero-order valence-electron chi connectivity index (χ0n) is 8.65. The molecule has 0 spiro atoms. The summed E-state index contributed by atoms with van der Waals surface area (Å²) in [7, 11) is 0. The molecule has 0 atom stereocenters. The fraction of sp³-hybridized carbons (Fsp3) is 1.00. The van der Waals surface area contributed by atoms with Crippen LogP contribution >= 0.6 is 0 Å². The van der Waals surface area contributed by atoms with E-state index in [0.717, 1.165) is 19.4 Å². The van der Waals surface area contributed by atoms with E-state index < -0.39 is 0 Å². The second kappa shape index (κ2) is 11.8. The molecule has 0 amide bonds.